The van der Waals surface area contributed by atoms with Gasteiger partial charge in [0.2, 0.25) is 0 Å². The molecular weight excluding hydrogens is 226 g/mol. The van der Waals surface area contributed by atoms with E-state index in [9.17, 15) is 4.79 Å². The third kappa shape index (κ3) is 2.74. The van der Waals surface area contributed by atoms with E-state index in [4.69, 9.17) is 10.4 Å². The molecule has 2 rings (SSSR count). The highest BCUT2D eigenvalue weighted by Gasteiger charge is 2.01. The molecule has 3 nitrogen and oxygen atoms in total. The van der Waals surface area contributed by atoms with Gasteiger partial charge in [0, 0.05) is 0 Å². The Balaban J connectivity index is 2.23. The summed E-state index contributed by atoms with van der Waals surface area (Å²) >= 11 is 0. The maximum Gasteiger partial charge on any atom is 0.307 e. The Morgan fingerprint density at radius 3 is 1.94 bits per heavy atom. The maximum atomic E-state index is 10.6. The first kappa shape index (κ1) is 11.9. The second-order valence-electron chi connectivity index (χ2n) is 3.96. The van der Waals surface area contributed by atoms with Crippen molar-refractivity contribution in [1.29, 1.82) is 5.26 Å². The van der Waals surface area contributed by atoms with Crippen LogP contribution in [0.3, 0.4) is 0 Å². The zero-order chi connectivity index (χ0) is 13.0. The highest BCUT2D eigenvalue weighted by molar-refractivity contribution is 5.71. The lowest BCUT2D eigenvalue weighted by Crippen LogP contribution is -1.99. The van der Waals surface area contributed by atoms with Gasteiger partial charge in [-0.2, -0.15) is 5.26 Å². The van der Waals surface area contributed by atoms with Crippen molar-refractivity contribution in [3.05, 3.63) is 59.7 Å². The number of rotatable bonds is 3. The summed E-state index contributed by atoms with van der Waals surface area (Å²) in [6.07, 6.45) is 0.0354. The molecule has 0 spiro atoms. The molecule has 0 aliphatic rings. The predicted octanol–water partition coefficient (Wildman–Crippen LogP) is 2.85. The largest absolute Gasteiger partial charge is 0.481 e. The van der Waals surface area contributed by atoms with E-state index >= 15 is 0 Å². The zero-order valence-corrected chi connectivity index (χ0v) is 9.63. The van der Waals surface area contributed by atoms with Gasteiger partial charge < -0.3 is 5.11 Å². The Morgan fingerprint density at radius 2 is 1.50 bits per heavy atom. The number of aliphatic carboxylic acids is 1. The van der Waals surface area contributed by atoms with Crippen LogP contribution in [0.5, 0.6) is 0 Å². The van der Waals surface area contributed by atoms with Crippen LogP contribution in [0.25, 0.3) is 11.1 Å². The van der Waals surface area contributed by atoms with Crippen LogP contribution >= 0.6 is 0 Å². The molecule has 0 atom stereocenters. The average molecular weight is 237 g/mol. The minimum Gasteiger partial charge on any atom is -0.481 e. The van der Waals surface area contributed by atoms with Crippen LogP contribution in [0, 0.1) is 11.3 Å². The van der Waals surface area contributed by atoms with Gasteiger partial charge in [-0.25, -0.2) is 0 Å². The summed E-state index contributed by atoms with van der Waals surface area (Å²) in [4.78, 5) is 10.6. The number of nitriles is 1. The highest BCUT2D eigenvalue weighted by atomic mass is 16.4. The van der Waals surface area contributed by atoms with Crippen LogP contribution in [-0.2, 0) is 11.2 Å². The number of carbonyl (C=O) groups is 1. The van der Waals surface area contributed by atoms with Gasteiger partial charge in [-0.1, -0.05) is 36.4 Å². The molecule has 18 heavy (non-hydrogen) atoms. The Bertz CT molecular complexity index is 592. The van der Waals surface area contributed by atoms with Crippen molar-refractivity contribution in [1.82, 2.24) is 0 Å². The SMILES string of the molecule is N#Cc1ccc(-c2ccc(CC(=O)O)cc2)cc1. The molecule has 0 aromatic heterocycles. The van der Waals surface area contributed by atoms with Crippen LogP contribution in [-0.4, -0.2) is 11.1 Å². The van der Waals surface area contributed by atoms with Crippen molar-refractivity contribution >= 4 is 5.97 Å². The van der Waals surface area contributed by atoms with Crippen molar-refractivity contribution in [3.63, 3.8) is 0 Å². The van der Waals surface area contributed by atoms with E-state index in [0.717, 1.165) is 16.7 Å². The van der Waals surface area contributed by atoms with E-state index in [1.165, 1.54) is 0 Å². The summed E-state index contributed by atoms with van der Waals surface area (Å²) in [5.41, 5.74) is 3.42. The van der Waals surface area contributed by atoms with Gasteiger partial charge in [0.25, 0.3) is 0 Å². The van der Waals surface area contributed by atoms with Crippen LogP contribution in [0.4, 0.5) is 0 Å². The van der Waals surface area contributed by atoms with E-state index in [1.54, 1.807) is 12.1 Å². The molecule has 2 aromatic rings. The second kappa shape index (κ2) is 5.15. The molecule has 88 valence electrons. The lowest BCUT2D eigenvalue weighted by atomic mass is 10.0. The van der Waals surface area contributed by atoms with E-state index in [-0.39, 0.29) is 6.42 Å². The van der Waals surface area contributed by atoms with Crippen molar-refractivity contribution in [3.8, 4) is 17.2 Å². The minimum atomic E-state index is -0.832. The van der Waals surface area contributed by atoms with Crippen LogP contribution in [0.1, 0.15) is 11.1 Å². The molecule has 1 N–H and O–H groups in total. The molecule has 0 unspecified atom stereocenters. The fourth-order valence-corrected chi connectivity index (χ4v) is 1.73. The summed E-state index contributed by atoms with van der Waals surface area (Å²) in [5, 5.41) is 17.4. The number of nitrogens with zero attached hydrogens (tertiary/aromatic N) is 1. The van der Waals surface area contributed by atoms with Gasteiger partial charge in [0.05, 0.1) is 18.1 Å². The number of hydrogen-bond acceptors (Lipinski definition) is 2. The average Bonchev–Trinajstić information content (AvgIpc) is 2.39. The monoisotopic (exact) mass is 237 g/mol. The number of carboxylic acid groups (broad SMARTS) is 1. The third-order valence-corrected chi connectivity index (χ3v) is 2.66. The van der Waals surface area contributed by atoms with Crippen molar-refractivity contribution in [2.24, 2.45) is 0 Å². The van der Waals surface area contributed by atoms with Gasteiger partial charge in [-0.3, -0.25) is 4.79 Å². The lowest BCUT2D eigenvalue weighted by molar-refractivity contribution is -0.136. The van der Waals surface area contributed by atoms with Gasteiger partial charge >= 0.3 is 5.97 Å². The first-order valence-corrected chi connectivity index (χ1v) is 5.50. The predicted molar refractivity (Wildman–Crippen MR) is 67.9 cm³/mol. The summed E-state index contributed by atoms with van der Waals surface area (Å²) in [6.45, 7) is 0. The normalized spacial score (nSPS) is 9.72. The summed E-state index contributed by atoms with van der Waals surface area (Å²) < 4.78 is 0. The van der Waals surface area contributed by atoms with Gasteiger partial charge in [-0.05, 0) is 28.8 Å². The maximum absolute atomic E-state index is 10.6. The van der Waals surface area contributed by atoms with E-state index in [0.29, 0.717) is 5.56 Å². The molecule has 0 radical (unpaired) electrons. The molecule has 0 fully saturated rings. The molecule has 0 saturated heterocycles. The summed E-state index contributed by atoms with van der Waals surface area (Å²) in [7, 11) is 0. The van der Waals surface area contributed by atoms with Gasteiger partial charge in [-0.15, -0.1) is 0 Å². The molecule has 0 bridgehead atoms. The Kier molecular flexibility index (Phi) is 3.40. The molecule has 0 amide bonds. The highest BCUT2D eigenvalue weighted by Crippen LogP contribution is 2.20. The molecule has 3 heteroatoms. The van der Waals surface area contributed by atoms with Gasteiger partial charge in [0.1, 0.15) is 0 Å². The summed E-state index contributed by atoms with van der Waals surface area (Å²) in [5.74, 6) is -0.832. The Morgan fingerprint density at radius 1 is 1.00 bits per heavy atom. The van der Waals surface area contributed by atoms with Crippen molar-refractivity contribution < 1.29 is 9.90 Å². The fraction of sp³-hybridized carbons (Fsp3) is 0.0667. The quantitative estimate of drug-likeness (QED) is 0.892. The first-order chi connectivity index (χ1) is 8.69. The third-order valence-electron chi connectivity index (χ3n) is 2.66. The Hall–Kier alpha value is -2.60. The van der Waals surface area contributed by atoms with Crippen LogP contribution in [0.15, 0.2) is 48.5 Å². The number of carboxylic acids is 1. The molecule has 0 heterocycles. The standard InChI is InChI=1S/C15H11NO2/c16-10-12-3-7-14(8-4-12)13-5-1-11(2-6-13)9-15(17)18/h1-8H,9H2,(H,17,18). The van der Waals surface area contributed by atoms with E-state index in [2.05, 4.69) is 6.07 Å². The zero-order valence-electron chi connectivity index (χ0n) is 9.63. The molecule has 2 aromatic carbocycles. The number of benzene rings is 2. The molecule has 0 aliphatic carbocycles. The first-order valence-electron chi connectivity index (χ1n) is 5.50. The van der Waals surface area contributed by atoms with Crippen molar-refractivity contribution in [2.45, 2.75) is 6.42 Å². The lowest BCUT2D eigenvalue weighted by Gasteiger charge is -2.03. The van der Waals surface area contributed by atoms with E-state index < -0.39 is 5.97 Å². The van der Waals surface area contributed by atoms with Gasteiger partial charge in [0.15, 0.2) is 0 Å². The van der Waals surface area contributed by atoms with Crippen molar-refractivity contribution in [2.75, 3.05) is 0 Å². The number of hydrogen-bond donors (Lipinski definition) is 1. The minimum absolute atomic E-state index is 0.0354. The molecule has 0 saturated carbocycles. The smallest absolute Gasteiger partial charge is 0.307 e. The Labute approximate surface area is 105 Å². The van der Waals surface area contributed by atoms with Crippen LogP contribution in [0.2, 0.25) is 0 Å². The van der Waals surface area contributed by atoms with Crippen LogP contribution < -0.4 is 0 Å². The topological polar surface area (TPSA) is 61.1 Å². The molecule has 0 aliphatic heterocycles. The fourth-order valence-electron chi connectivity index (χ4n) is 1.73. The summed E-state index contributed by atoms with van der Waals surface area (Å²) in [6, 6.07) is 16.8. The molecular formula is C15H11NO2. The second-order valence-corrected chi connectivity index (χ2v) is 3.96. The van der Waals surface area contributed by atoms with E-state index in [1.807, 2.05) is 36.4 Å².